The molecule has 0 atom stereocenters. The number of anilines is 3. The van der Waals surface area contributed by atoms with Gasteiger partial charge in [0.1, 0.15) is 0 Å². The van der Waals surface area contributed by atoms with E-state index in [-0.39, 0.29) is 16.7 Å². The van der Waals surface area contributed by atoms with Gasteiger partial charge in [-0.1, -0.05) is 24.3 Å². The summed E-state index contributed by atoms with van der Waals surface area (Å²) in [5.74, 6) is -0.833. The molecule has 0 aliphatic carbocycles. The molecule has 1 N–H and O–H groups in total. The molecule has 32 heavy (non-hydrogen) atoms. The lowest BCUT2D eigenvalue weighted by Crippen LogP contribution is -2.23. The molecule has 0 fully saturated rings. The van der Waals surface area contributed by atoms with Crippen molar-refractivity contribution in [2.24, 2.45) is 0 Å². The van der Waals surface area contributed by atoms with Gasteiger partial charge in [0.2, 0.25) is 11.8 Å². The molecule has 3 rings (SSSR count). The number of benzene rings is 2. The summed E-state index contributed by atoms with van der Waals surface area (Å²) in [7, 11) is 0. The molecule has 2 amide bonds. The summed E-state index contributed by atoms with van der Waals surface area (Å²) in [6.07, 6.45) is -1.74. The van der Waals surface area contributed by atoms with Crippen molar-refractivity contribution in [2.45, 2.75) is 26.9 Å². The van der Waals surface area contributed by atoms with Gasteiger partial charge in [0.25, 0.3) is 0 Å². The highest BCUT2D eigenvalue weighted by molar-refractivity contribution is 7.14. The zero-order valence-electron chi connectivity index (χ0n) is 17.5. The Kier molecular flexibility index (Phi) is 6.78. The Labute approximate surface area is 187 Å². The molecule has 3 aromatic rings. The Balaban J connectivity index is 1.80. The molecule has 5 nitrogen and oxygen atoms in total. The molecular weight excluding hydrogens is 439 g/mol. The Bertz CT molecular complexity index is 1160. The van der Waals surface area contributed by atoms with Gasteiger partial charge in [-0.05, 0) is 49.2 Å². The number of thiazole rings is 1. The minimum Gasteiger partial charge on any atom is -0.322 e. The number of alkyl halides is 3. The molecule has 0 unspecified atom stereocenters. The van der Waals surface area contributed by atoms with E-state index in [9.17, 15) is 22.8 Å². The minimum absolute atomic E-state index is 0.0602. The van der Waals surface area contributed by atoms with E-state index in [0.29, 0.717) is 5.69 Å². The molecule has 2 aromatic carbocycles. The van der Waals surface area contributed by atoms with Crippen LogP contribution in [0.15, 0.2) is 53.9 Å². The van der Waals surface area contributed by atoms with E-state index in [1.165, 1.54) is 31.2 Å². The lowest BCUT2D eigenvalue weighted by Gasteiger charge is -2.19. The maximum Gasteiger partial charge on any atom is 0.416 e. The molecule has 9 heteroatoms. The first-order valence-electron chi connectivity index (χ1n) is 9.55. The number of hydrogen-bond donors (Lipinski definition) is 1. The number of carbonyl (C=O) groups is 2. The van der Waals surface area contributed by atoms with Crippen molar-refractivity contribution in [1.82, 2.24) is 4.98 Å². The van der Waals surface area contributed by atoms with Gasteiger partial charge in [-0.2, -0.15) is 13.2 Å². The monoisotopic (exact) mass is 459 g/mol. The zero-order chi connectivity index (χ0) is 23.5. The summed E-state index contributed by atoms with van der Waals surface area (Å²) in [6.45, 7) is 5.03. The summed E-state index contributed by atoms with van der Waals surface area (Å²) >= 11 is 1.08. The van der Waals surface area contributed by atoms with Crippen molar-refractivity contribution in [1.29, 1.82) is 0 Å². The third-order valence-corrected chi connectivity index (χ3v) is 5.43. The maximum atomic E-state index is 13.1. The first-order chi connectivity index (χ1) is 15.1. The van der Waals surface area contributed by atoms with Crippen LogP contribution in [0.5, 0.6) is 0 Å². The van der Waals surface area contributed by atoms with Gasteiger partial charge in [-0.3, -0.25) is 14.5 Å². The highest BCUT2D eigenvalue weighted by Crippen LogP contribution is 2.35. The molecule has 1 aromatic heterocycles. The highest BCUT2D eigenvalue weighted by atomic mass is 32.1. The van der Waals surface area contributed by atoms with Crippen molar-refractivity contribution < 1.29 is 22.8 Å². The number of halogens is 3. The smallest absolute Gasteiger partial charge is 0.322 e. The van der Waals surface area contributed by atoms with Crippen LogP contribution in [0.2, 0.25) is 0 Å². The number of para-hydroxylation sites is 1. The van der Waals surface area contributed by atoms with Crippen LogP contribution in [-0.2, 0) is 15.8 Å². The molecular formula is C23H20F3N3O2S. The first-order valence-corrected chi connectivity index (χ1v) is 10.4. The number of amides is 2. The summed E-state index contributed by atoms with van der Waals surface area (Å²) < 4.78 is 39.2. The Morgan fingerprint density at radius 2 is 1.75 bits per heavy atom. The van der Waals surface area contributed by atoms with Crippen molar-refractivity contribution in [3.8, 4) is 0 Å². The van der Waals surface area contributed by atoms with E-state index in [1.54, 1.807) is 5.38 Å². The second-order valence-electron chi connectivity index (χ2n) is 7.05. The number of carbonyl (C=O) groups excluding carboxylic acids is 2. The second-order valence-corrected chi connectivity index (χ2v) is 7.88. The van der Waals surface area contributed by atoms with Crippen molar-refractivity contribution in [3.63, 3.8) is 0 Å². The number of nitrogens with zero attached hydrogens (tertiary/aromatic N) is 2. The third kappa shape index (κ3) is 5.42. The van der Waals surface area contributed by atoms with E-state index >= 15 is 0 Å². The van der Waals surface area contributed by atoms with Gasteiger partial charge in [-0.25, -0.2) is 4.98 Å². The predicted molar refractivity (Wildman–Crippen MR) is 120 cm³/mol. The quantitative estimate of drug-likeness (QED) is 0.468. The first kappa shape index (κ1) is 23.2. The summed E-state index contributed by atoms with van der Waals surface area (Å²) in [4.78, 5) is 29.9. The van der Waals surface area contributed by atoms with E-state index in [1.807, 2.05) is 32.0 Å². The van der Waals surface area contributed by atoms with E-state index in [4.69, 9.17) is 0 Å². The van der Waals surface area contributed by atoms with Gasteiger partial charge in [0.15, 0.2) is 5.13 Å². The molecule has 0 aliphatic rings. The fourth-order valence-corrected chi connectivity index (χ4v) is 3.90. The van der Waals surface area contributed by atoms with Crippen molar-refractivity contribution >= 4 is 45.7 Å². The van der Waals surface area contributed by atoms with Crippen LogP contribution in [0, 0.1) is 13.8 Å². The Morgan fingerprint density at radius 1 is 1.09 bits per heavy atom. The fourth-order valence-electron chi connectivity index (χ4n) is 3.04. The molecule has 0 saturated carbocycles. The van der Waals surface area contributed by atoms with Gasteiger partial charge < -0.3 is 5.32 Å². The molecule has 166 valence electrons. The molecule has 1 heterocycles. The molecule has 0 aliphatic heterocycles. The molecule has 0 saturated heterocycles. The van der Waals surface area contributed by atoms with Gasteiger partial charge in [0, 0.05) is 24.1 Å². The molecule has 0 bridgehead atoms. The van der Waals surface area contributed by atoms with Crippen LogP contribution in [0.4, 0.5) is 29.7 Å². The topological polar surface area (TPSA) is 62.3 Å². The average molecular weight is 459 g/mol. The predicted octanol–water partition coefficient (Wildman–Crippen LogP) is 6.12. The van der Waals surface area contributed by atoms with E-state index in [2.05, 4.69) is 10.3 Å². The molecule has 0 spiro atoms. The van der Waals surface area contributed by atoms with Crippen LogP contribution in [0.25, 0.3) is 6.08 Å². The van der Waals surface area contributed by atoms with Gasteiger partial charge in [-0.15, -0.1) is 11.3 Å². The second kappa shape index (κ2) is 9.35. The van der Waals surface area contributed by atoms with Crippen LogP contribution >= 0.6 is 11.3 Å². The summed E-state index contributed by atoms with van der Waals surface area (Å²) in [6, 6.07) is 10.2. The van der Waals surface area contributed by atoms with Crippen molar-refractivity contribution in [3.05, 3.63) is 76.3 Å². The Hall–Kier alpha value is -3.46. The maximum absolute atomic E-state index is 13.1. The summed E-state index contributed by atoms with van der Waals surface area (Å²) in [5, 5.41) is 4.63. The highest BCUT2D eigenvalue weighted by Gasteiger charge is 2.31. The SMILES string of the molecule is CC(=O)N(c1cccc(C(F)(F)F)c1)c1nc(/C=C/C(=O)Nc2c(C)cccc2C)cs1. The average Bonchev–Trinajstić information content (AvgIpc) is 3.17. The van der Waals surface area contributed by atoms with Gasteiger partial charge in [0.05, 0.1) is 16.9 Å². The number of aromatic nitrogens is 1. The Morgan fingerprint density at radius 3 is 2.38 bits per heavy atom. The van der Waals surface area contributed by atoms with Crippen LogP contribution in [0.3, 0.4) is 0 Å². The van der Waals surface area contributed by atoms with E-state index in [0.717, 1.165) is 45.2 Å². The van der Waals surface area contributed by atoms with Gasteiger partial charge >= 0.3 is 6.18 Å². The molecule has 0 radical (unpaired) electrons. The third-order valence-electron chi connectivity index (χ3n) is 4.58. The van der Waals surface area contributed by atoms with Crippen LogP contribution in [-0.4, -0.2) is 16.8 Å². The number of hydrogen-bond acceptors (Lipinski definition) is 4. The van der Waals surface area contributed by atoms with Crippen LogP contribution < -0.4 is 10.2 Å². The number of nitrogens with one attached hydrogen (secondary N) is 1. The van der Waals surface area contributed by atoms with E-state index < -0.39 is 17.6 Å². The zero-order valence-corrected chi connectivity index (χ0v) is 18.3. The lowest BCUT2D eigenvalue weighted by atomic mass is 10.1. The number of rotatable bonds is 5. The number of aryl methyl sites for hydroxylation is 2. The van der Waals surface area contributed by atoms with Crippen LogP contribution in [0.1, 0.15) is 29.3 Å². The fraction of sp³-hybridized carbons (Fsp3) is 0.174. The van der Waals surface area contributed by atoms with Crippen molar-refractivity contribution in [2.75, 3.05) is 10.2 Å². The largest absolute Gasteiger partial charge is 0.416 e. The minimum atomic E-state index is -4.53. The summed E-state index contributed by atoms with van der Waals surface area (Å²) in [5.41, 5.74) is 2.20. The lowest BCUT2D eigenvalue weighted by molar-refractivity contribution is -0.137. The standard InChI is InChI=1S/C23H20F3N3O2S/c1-14-6-4-7-15(2)21(14)28-20(31)11-10-18-13-32-22(27-18)29(16(3)30)19-9-5-8-17(12-19)23(24,25)26/h4-13H,1-3H3,(H,28,31)/b11-10+. The normalized spacial score (nSPS) is 11.6.